The third kappa shape index (κ3) is 4.94. The van der Waals surface area contributed by atoms with Crippen LogP contribution in [0.2, 0.25) is 5.02 Å². The molecular weight excluding hydrogens is 338 g/mol. The Morgan fingerprint density at radius 2 is 1.58 bits per heavy atom. The van der Waals surface area contributed by atoms with Crippen LogP contribution in [0.25, 0.3) is 0 Å². The fourth-order valence-corrected chi connectivity index (χ4v) is 3.22. The lowest BCUT2D eigenvalue weighted by atomic mass is 10.2. The largest absolute Gasteiger partial charge is 0.358 e. The second-order valence-corrected chi connectivity index (χ2v) is 6.86. The van der Waals surface area contributed by atoms with Gasteiger partial charge in [-0.3, -0.25) is 4.90 Å². The van der Waals surface area contributed by atoms with E-state index in [-0.39, 0.29) is 0 Å². The van der Waals surface area contributed by atoms with Gasteiger partial charge in [0.2, 0.25) is 0 Å². The maximum absolute atomic E-state index is 5.91. The molecule has 0 unspecified atom stereocenters. The zero-order valence-corrected chi connectivity index (χ0v) is 15.2. The van der Waals surface area contributed by atoms with Crippen molar-refractivity contribution >= 4 is 28.9 Å². The van der Waals surface area contributed by atoms with Gasteiger partial charge < -0.3 is 10.2 Å². The maximum Gasteiger partial charge on any atom is 0.169 e. The van der Waals surface area contributed by atoms with E-state index in [9.17, 15) is 0 Å². The Bertz CT molecular complexity index is 652. The van der Waals surface area contributed by atoms with E-state index in [0.717, 1.165) is 49.4 Å². The summed E-state index contributed by atoms with van der Waals surface area (Å²) >= 11 is 11.4. The highest BCUT2D eigenvalue weighted by atomic mass is 35.5. The summed E-state index contributed by atoms with van der Waals surface area (Å²) in [6.45, 7) is 5.77. The van der Waals surface area contributed by atoms with Crippen LogP contribution in [-0.2, 0) is 13.1 Å². The van der Waals surface area contributed by atoms with E-state index in [1.54, 1.807) is 0 Å². The first-order valence-electron chi connectivity index (χ1n) is 8.24. The number of hydrogen-bond donors (Lipinski definition) is 1. The van der Waals surface area contributed by atoms with E-state index in [1.165, 1.54) is 11.1 Å². The lowest BCUT2D eigenvalue weighted by Crippen LogP contribution is -2.51. The molecule has 5 heteroatoms. The molecule has 0 radical (unpaired) electrons. The predicted molar refractivity (Wildman–Crippen MR) is 104 cm³/mol. The Morgan fingerprint density at radius 1 is 0.917 bits per heavy atom. The summed E-state index contributed by atoms with van der Waals surface area (Å²) in [5, 5.41) is 4.95. The summed E-state index contributed by atoms with van der Waals surface area (Å²) in [6.07, 6.45) is 0. The normalized spacial score (nSPS) is 15.3. The quantitative estimate of drug-likeness (QED) is 0.841. The molecule has 0 atom stereocenters. The molecule has 2 aromatic carbocycles. The molecule has 3 nitrogen and oxygen atoms in total. The van der Waals surface area contributed by atoms with Crippen LogP contribution < -0.4 is 5.32 Å². The summed E-state index contributed by atoms with van der Waals surface area (Å²) < 4.78 is 0. The molecule has 1 saturated heterocycles. The van der Waals surface area contributed by atoms with Crippen LogP contribution in [0.5, 0.6) is 0 Å². The minimum absolute atomic E-state index is 0.736. The number of rotatable bonds is 4. The highest BCUT2D eigenvalue weighted by molar-refractivity contribution is 7.80. The molecule has 0 aromatic heterocycles. The lowest BCUT2D eigenvalue weighted by Gasteiger charge is -2.36. The first-order valence-corrected chi connectivity index (χ1v) is 9.03. The van der Waals surface area contributed by atoms with E-state index >= 15 is 0 Å². The molecule has 126 valence electrons. The average Bonchev–Trinajstić information content (AvgIpc) is 2.62. The molecule has 1 aliphatic heterocycles. The van der Waals surface area contributed by atoms with Crippen molar-refractivity contribution in [1.29, 1.82) is 0 Å². The molecule has 0 saturated carbocycles. The van der Waals surface area contributed by atoms with E-state index in [1.807, 2.05) is 24.3 Å². The van der Waals surface area contributed by atoms with Crippen LogP contribution in [0.1, 0.15) is 11.1 Å². The Labute approximate surface area is 154 Å². The van der Waals surface area contributed by atoms with Gasteiger partial charge >= 0.3 is 0 Å². The van der Waals surface area contributed by atoms with E-state index in [4.69, 9.17) is 23.8 Å². The molecule has 1 fully saturated rings. The van der Waals surface area contributed by atoms with Crippen LogP contribution in [-0.4, -0.2) is 41.1 Å². The number of benzene rings is 2. The number of hydrogen-bond acceptors (Lipinski definition) is 2. The minimum Gasteiger partial charge on any atom is -0.358 e. The van der Waals surface area contributed by atoms with Gasteiger partial charge in [-0.1, -0.05) is 54.1 Å². The van der Waals surface area contributed by atoms with Crippen molar-refractivity contribution in [2.75, 3.05) is 26.2 Å². The fourth-order valence-electron chi connectivity index (χ4n) is 2.84. The number of thiocarbonyl (C=S) groups is 1. The first-order chi connectivity index (χ1) is 11.7. The first kappa shape index (κ1) is 17.2. The molecule has 2 aromatic rings. The Hall–Kier alpha value is -1.62. The number of nitrogens with zero attached hydrogens (tertiary/aromatic N) is 2. The molecule has 0 bridgehead atoms. The second kappa shape index (κ2) is 8.47. The summed E-state index contributed by atoms with van der Waals surface area (Å²) in [5.41, 5.74) is 2.55. The SMILES string of the molecule is S=C(NCc1ccc(Cl)cc1)N1CCN(Cc2ccccc2)CC1. The summed E-state index contributed by atoms with van der Waals surface area (Å²) in [7, 11) is 0. The monoisotopic (exact) mass is 359 g/mol. The molecule has 24 heavy (non-hydrogen) atoms. The number of halogens is 1. The van der Waals surface area contributed by atoms with Crippen LogP contribution >= 0.6 is 23.8 Å². The molecule has 0 aliphatic carbocycles. The number of nitrogens with one attached hydrogen (secondary N) is 1. The zero-order valence-electron chi connectivity index (χ0n) is 13.6. The van der Waals surface area contributed by atoms with Gasteiger partial charge in [0.05, 0.1) is 0 Å². The average molecular weight is 360 g/mol. The summed E-state index contributed by atoms with van der Waals surface area (Å²) in [5.74, 6) is 0. The third-order valence-corrected chi connectivity index (χ3v) is 4.92. The van der Waals surface area contributed by atoms with Gasteiger partial charge in [0.15, 0.2) is 5.11 Å². The fraction of sp³-hybridized carbons (Fsp3) is 0.316. The second-order valence-electron chi connectivity index (χ2n) is 6.03. The molecule has 0 spiro atoms. The predicted octanol–water partition coefficient (Wildman–Crippen LogP) is 3.53. The van der Waals surface area contributed by atoms with Gasteiger partial charge in [0.25, 0.3) is 0 Å². The van der Waals surface area contributed by atoms with E-state index in [2.05, 4.69) is 45.4 Å². The Balaban J connectivity index is 1.42. The molecule has 1 aliphatic rings. The van der Waals surface area contributed by atoms with Crippen molar-refractivity contribution in [1.82, 2.24) is 15.1 Å². The van der Waals surface area contributed by atoms with Crippen LogP contribution in [0.3, 0.4) is 0 Å². The topological polar surface area (TPSA) is 18.5 Å². The summed E-state index contributed by atoms with van der Waals surface area (Å²) in [4.78, 5) is 4.74. The molecule has 1 N–H and O–H groups in total. The van der Waals surface area contributed by atoms with Crippen molar-refractivity contribution < 1.29 is 0 Å². The van der Waals surface area contributed by atoms with Gasteiger partial charge in [-0.2, -0.15) is 0 Å². The smallest absolute Gasteiger partial charge is 0.169 e. The van der Waals surface area contributed by atoms with Gasteiger partial charge in [-0.05, 0) is 35.5 Å². The minimum atomic E-state index is 0.736. The lowest BCUT2D eigenvalue weighted by molar-refractivity contribution is 0.174. The highest BCUT2D eigenvalue weighted by Gasteiger charge is 2.18. The standard InChI is InChI=1S/C19H22ClN3S/c20-18-8-6-16(7-9-18)14-21-19(24)23-12-10-22(11-13-23)15-17-4-2-1-3-5-17/h1-9H,10-15H2,(H,21,24). The maximum atomic E-state index is 5.91. The molecule has 1 heterocycles. The van der Waals surface area contributed by atoms with E-state index < -0.39 is 0 Å². The van der Waals surface area contributed by atoms with Gasteiger partial charge in [-0.15, -0.1) is 0 Å². The number of piperazine rings is 1. The van der Waals surface area contributed by atoms with Gasteiger partial charge in [-0.25, -0.2) is 0 Å². The van der Waals surface area contributed by atoms with Crippen LogP contribution in [0.15, 0.2) is 54.6 Å². The zero-order chi connectivity index (χ0) is 16.8. The summed E-state index contributed by atoms with van der Waals surface area (Å²) in [6, 6.07) is 18.5. The Morgan fingerprint density at radius 3 is 2.25 bits per heavy atom. The molecule has 3 rings (SSSR count). The third-order valence-electron chi connectivity index (χ3n) is 4.27. The van der Waals surface area contributed by atoms with E-state index in [0.29, 0.717) is 0 Å². The van der Waals surface area contributed by atoms with Crippen molar-refractivity contribution in [2.24, 2.45) is 0 Å². The van der Waals surface area contributed by atoms with Crippen molar-refractivity contribution in [3.8, 4) is 0 Å². The molecule has 0 amide bonds. The van der Waals surface area contributed by atoms with Gasteiger partial charge in [0.1, 0.15) is 0 Å². The van der Waals surface area contributed by atoms with Crippen LogP contribution in [0, 0.1) is 0 Å². The van der Waals surface area contributed by atoms with Crippen molar-refractivity contribution in [2.45, 2.75) is 13.1 Å². The van der Waals surface area contributed by atoms with Crippen molar-refractivity contribution in [3.63, 3.8) is 0 Å². The molecular formula is C19H22ClN3S. The Kier molecular flexibility index (Phi) is 6.07. The van der Waals surface area contributed by atoms with Crippen molar-refractivity contribution in [3.05, 3.63) is 70.7 Å². The van der Waals surface area contributed by atoms with Crippen LogP contribution in [0.4, 0.5) is 0 Å². The van der Waals surface area contributed by atoms with Gasteiger partial charge in [0, 0.05) is 44.3 Å². The highest BCUT2D eigenvalue weighted by Crippen LogP contribution is 2.11.